The summed E-state index contributed by atoms with van der Waals surface area (Å²) in [6, 6.07) is 13.6. The van der Waals surface area contributed by atoms with Crippen LogP contribution in [0.4, 0.5) is 5.69 Å². The quantitative estimate of drug-likeness (QED) is 0.673. The van der Waals surface area contributed by atoms with Crippen molar-refractivity contribution in [3.8, 4) is 0 Å². The summed E-state index contributed by atoms with van der Waals surface area (Å²) < 4.78 is 0. The number of benzene rings is 2. The van der Waals surface area contributed by atoms with Gasteiger partial charge in [0.25, 0.3) is 11.6 Å². The van der Waals surface area contributed by atoms with E-state index in [-0.39, 0.29) is 28.1 Å². The number of hydrogen-bond acceptors (Lipinski definition) is 3. The van der Waals surface area contributed by atoms with E-state index in [9.17, 15) is 14.9 Å². The lowest BCUT2D eigenvalue weighted by atomic mass is 10.0. The van der Waals surface area contributed by atoms with Gasteiger partial charge in [-0.1, -0.05) is 48.9 Å². The van der Waals surface area contributed by atoms with Crippen LogP contribution in [0.1, 0.15) is 28.8 Å². The van der Waals surface area contributed by atoms with Crippen molar-refractivity contribution in [1.82, 2.24) is 5.32 Å². The summed E-state index contributed by atoms with van der Waals surface area (Å²) in [5, 5.41) is 13.5. The Balaban J connectivity index is 2.02. The van der Waals surface area contributed by atoms with E-state index in [4.69, 9.17) is 11.6 Å². The molecule has 1 atom stereocenters. The minimum absolute atomic E-state index is 0.0686. The van der Waals surface area contributed by atoms with Crippen molar-refractivity contribution in [2.24, 2.45) is 0 Å². The molecule has 0 bridgehead atoms. The second-order valence-corrected chi connectivity index (χ2v) is 5.35. The molecule has 22 heavy (non-hydrogen) atoms. The van der Waals surface area contributed by atoms with Crippen LogP contribution in [-0.2, 0) is 0 Å². The summed E-state index contributed by atoms with van der Waals surface area (Å²) in [4.78, 5) is 22.2. The molecule has 0 saturated heterocycles. The van der Waals surface area contributed by atoms with Crippen LogP contribution in [0.25, 0.3) is 0 Å². The van der Waals surface area contributed by atoms with Gasteiger partial charge in [0, 0.05) is 18.7 Å². The molecule has 0 spiro atoms. The van der Waals surface area contributed by atoms with Crippen LogP contribution in [-0.4, -0.2) is 17.4 Å². The molecule has 0 heterocycles. The smallest absolute Gasteiger partial charge is 0.270 e. The fourth-order valence-electron chi connectivity index (χ4n) is 2.04. The molecule has 2 aromatic rings. The Hall–Kier alpha value is -2.40. The predicted octanol–water partition coefficient (Wildman–Crippen LogP) is 3.78. The summed E-state index contributed by atoms with van der Waals surface area (Å²) >= 11 is 5.94. The van der Waals surface area contributed by atoms with Crippen LogP contribution in [0.5, 0.6) is 0 Å². The largest absolute Gasteiger partial charge is 0.351 e. The van der Waals surface area contributed by atoms with Crippen LogP contribution in [0, 0.1) is 10.1 Å². The average Bonchev–Trinajstić information content (AvgIpc) is 2.52. The maximum absolute atomic E-state index is 12.1. The number of carbonyl (C=O) groups is 1. The SMILES string of the molecule is C[C@@H](CNC(=O)c1ccc([N+](=O)[O-])cc1Cl)c1ccccc1. The first-order valence-electron chi connectivity index (χ1n) is 6.76. The molecule has 0 fully saturated rings. The number of nitro groups is 1. The van der Waals surface area contributed by atoms with Crippen LogP contribution in [0.3, 0.4) is 0 Å². The van der Waals surface area contributed by atoms with Crippen molar-refractivity contribution in [2.45, 2.75) is 12.8 Å². The van der Waals surface area contributed by atoms with Gasteiger partial charge in [0.2, 0.25) is 0 Å². The van der Waals surface area contributed by atoms with Crippen molar-refractivity contribution in [2.75, 3.05) is 6.54 Å². The monoisotopic (exact) mass is 318 g/mol. The number of hydrogen-bond donors (Lipinski definition) is 1. The van der Waals surface area contributed by atoms with Gasteiger partial charge in [-0.05, 0) is 17.5 Å². The zero-order valence-electron chi connectivity index (χ0n) is 12.0. The van der Waals surface area contributed by atoms with E-state index in [1.165, 1.54) is 18.2 Å². The minimum Gasteiger partial charge on any atom is -0.351 e. The lowest BCUT2D eigenvalue weighted by molar-refractivity contribution is -0.384. The van der Waals surface area contributed by atoms with Gasteiger partial charge in [-0.3, -0.25) is 14.9 Å². The molecular weight excluding hydrogens is 304 g/mol. The highest BCUT2D eigenvalue weighted by Gasteiger charge is 2.15. The van der Waals surface area contributed by atoms with E-state index >= 15 is 0 Å². The third kappa shape index (κ3) is 3.83. The van der Waals surface area contributed by atoms with Crippen LogP contribution in [0.2, 0.25) is 5.02 Å². The van der Waals surface area contributed by atoms with Crippen LogP contribution < -0.4 is 5.32 Å². The van der Waals surface area contributed by atoms with E-state index in [2.05, 4.69) is 5.32 Å². The van der Waals surface area contributed by atoms with Gasteiger partial charge in [-0.2, -0.15) is 0 Å². The number of rotatable bonds is 5. The minimum atomic E-state index is -0.551. The molecule has 0 aliphatic rings. The Labute approximate surface area is 133 Å². The van der Waals surface area contributed by atoms with Gasteiger partial charge in [0.15, 0.2) is 0 Å². The molecule has 0 unspecified atom stereocenters. The Morgan fingerprint density at radius 2 is 1.95 bits per heavy atom. The number of nitrogens with zero attached hydrogens (tertiary/aromatic N) is 1. The third-order valence-corrected chi connectivity index (χ3v) is 3.66. The highest BCUT2D eigenvalue weighted by atomic mass is 35.5. The first kappa shape index (κ1) is 16.0. The normalized spacial score (nSPS) is 11.7. The number of amides is 1. The summed E-state index contributed by atoms with van der Waals surface area (Å²) in [6.07, 6.45) is 0. The van der Waals surface area contributed by atoms with Gasteiger partial charge >= 0.3 is 0 Å². The van der Waals surface area contributed by atoms with Gasteiger partial charge in [0.05, 0.1) is 15.5 Å². The number of nitrogens with one attached hydrogen (secondary N) is 1. The van der Waals surface area contributed by atoms with Crippen LogP contribution >= 0.6 is 11.6 Å². The zero-order valence-corrected chi connectivity index (χ0v) is 12.7. The maximum atomic E-state index is 12.1. The predicted molar refractivity (Wildman–Crippen MR) is 85.3 cm³/mol. The van der Waals surface area contributed by atoms with Gasteiger partial charge < -0.3 is 5.32 Å². The number of halogens is 1. The molecule has 0 aliphatic carbocycles. The van der Waals surface area contributed by atoms with E-state index in [1.54, 1.807) is 0 Å². The summed E-state index contributed by atoms with van der Waals surface area (Å²) in [6.45, 7) is 2.46. The topological polar surface area (TPSA) is 72.2 Å². The fraction of sp³-hybridized carbons (Fsp3) is 0.188. The lowest BCUT2D eigenvalue weighted by Gasteiger charge is -2.13. The molecule has 6 heteroatoms. The summed E-state index contributed by atoms with van der Waals surface area (Å²) in [7, 11) is 0. The van der Waals surface area contributed by atoms with E-state index < -0.39 is 4.92 Å². The molecule has 0 aliphatic heterocycles. The van der Waals surface area contributed by atoms with Crippen molar-refractivity contribution in [1.29, 1.82) is 0 Å². The number of non-ortho nitro benzene ring substituents is 1. The molecule has 0 radical (unpaired) electrons. The highest BCUT2D eigenvalue weighted by Crippen LogP contribution is 2.22. The van der Waals surface area contributed by atoms with Crippen LogP contribution in [0.15, 0.2) is 48.5 Å². The van der Waals surface area contributed by atoms with Crippen molar-refractivity contribution < 1.29 is 9.72 Å². The van der Waals surface area contributed by atoms with E-state index in [0.717, 1.165) is 5.56 Å². The Morgan fingerprint density at radius 1 is 1.27 bits per heavy atom. The van der Waals surface area contributed by atoms with Gasteiger partial charge in [-0.25, -0.2) is 0 Å². The van der Waals surface area contributed by atoms with E-state index in [1.807, 2.05) is 37.3 Å². The second kappa shape index (κ2) is 7.04. The molecule has 1 amide bonds. The van der Waals surface area contributed by atoms with Crippen molar-refractivity contribution >= 4 is 23.2 Å². The van der Waals surface area contributed by atoms with E-state index in [0.29, 0.717) is 6.54 Å². The molecular formula is C16H15ClN2O3. The van der Waals surface area contributed by atoms with Gasteiger partial charge in [0.1, 0.15) is 0 Å². The average molecular weight is 319 g/mol. The third-order valence-electron chi connectivity index (χ3n) is 3.35. The Kier molecular flexibility index (Phi) is 5.12. The molecule has 114 valence electrons. The Bertz CT molecular complexity index is 689. The van der Waals surface area contributed by atoms with Gasteiger partial charge in [-0.15, -0.1) is 0 Å². The molecule has 2 rings (SSSR count). The second-order valence-electron chi connectivity index (χ2n) is 4.94. The standard InChI is InChI=1S/C16H15ClN2O3/c1-11(12-5-3-2-4-6-12)10-18-16(20)14-8-7-13(19(21)22)9-15(14)17/h2-9,11H,10H2,1H3,(H,18,20)/t11-/m0/s1. The molecule has 2 aromatic carbocycles. The maximum Gasteiger partial charge on any atom is 0.270 e. The molecule has 0 saturated carbocycles. The molecule has 1 N–H and O–H groups in total. The lowest BCUT2D eigenvalue weighted by Crippen LogP contribution is -2.27. The van der Waals surface area contributed by atoms with Crippen molar-refractivity contribution in [3.63, 3.8) is 0 Å². The highest BCUT2D eigenvalue weighted by molar-refractivity contribution is 6.34. The Morgan fingerprint density at radius 3 is 2.55 bits per heavy atom. The number of nitro benzene ring substituents is 1. The first-order valence-corrected chi connectivity index (χ1v) is 7.14. The fourth-order valence-corrected chi connectivity index (χ4v) is 2.30. The first-order chi connectivity index (χ1) is 10.5. The zero-order chi connectivity index (χ0) is 16.1. The number of carbonyl (C=O) groups excluding carboxylic acids is 1. The summed E-state index contributed by atoms with van der Waals surface area (Å²) in [5.74, 6) is -0.190. The van der Waals surface area contributed by atoms with Crippen molar-refractivity contribution in [3.05, 3.63) is 74.8 Å². The summed E-state index contributed by atoms with van der Waals surface area (Å²) in [5.41, 5.74) is 1.21. The molecule has 0 aromatic heterocycles. The molecule has 5 nitrogen and oxygen atoms in total.